The second-order valence-corrected chi connectivity index (χ2v) is 8.77. The number of rotatable bonds is 10. The molecule has 1 saturated heterocycles. The molecule has 0 spiro atoms. The van der Waals surface area contributed by atoms with Gasteiger partial charge in [-0.3, -0.25) is 19.3 Å². The molecule has 1 heterocycles. The van der Waals surface area contributed by atoms with E-state index in [2.05, 4.69) is 16.7 Å². The van der Waals surface area contributed by atoms with Gasteiger partial charge in [-0.15, -0.1) is 0 Å². The standard InChI is InChI=1S/C29H34N2O6.CH4/c1-3-26(33)28(27(34)21-32)30(2)29(35)24-11-7-22(8-12-24)5-6-23-9-13-25(14-10-23)37-20-17-31-15-4-18-36-19-16-31;/h7-14,28,32H,3-4,15-21H2,1-2H3;1H4. The zero-order valence-corrected chi connectivity index (χ0v) is 21.4. The molecule has 0 aliphatic carbocycles. The minimum Gasteiger partial charge on any atom is -0.492 e. The van der Waals surface area contributed by atoms with Gasteiger partial charge in [0.2, 0.25) is 0 Å². The molecule has 0 aromatic heterocycles. The van der Waals surface area contributed by atoms with Gasteiger partial charge in [0.25, 0.3) is 5.91 Å². The molecule has 3 rings (SSSR count). The summed E-state index contributed by atoms with van der Waals surface area (Å²) in [6.07, 6.45) is 1.14. The van der Waals surface area contributed by atoms with Crippen molar-refractivity contribution < 1.29 is 29.0 Å². The van der Waals surface area contributed by atoms with E-state index in [1.54, 1.807) is 31.2 Å². The molecule has 1 N–H and O–H groups in total. The molecule has 2 aromatic rings. The van der Waals surface area contributed by atoms with Crippen LogP contribution in [0.15, 0.2) is 48.5 Å². The van der Waals surface area contributed by atoms with Gasteiger partial charge in [-0.25, -0.2) is 0 Å². The molecule has 38 heavy (non-hydrogen) atoms. The minimum absolute atomic E-state index is 0. The van der Waals surface area contributed by atoms with Crippen LogP contribution < -0.4 is 4.74 Å². The number of ketones is 2. The average Bonchev–Trinajstić information content (AvgIpc) is 3.21. The van der Waals surface area contributed by atoms with E-state index < -0.39 is 30.1 Å². The summed E-state index contributed by atoms with van der Waals surface area (Å²) in [5, 5.41) is 9.18. The lowest BCUT2D eigenvalue weighted by atomic mass is 10.0. The molecule has 2 aromatic carbocycles. The number of Topliss-reactive ketones (excluding diaryl/α,β-unsaturated/α-hetero) is 2. The number of ether oxygens (including phenoxy) is 2. The summed E-state index contributed by atoms with van der Waals surface area (Å²) in [4.78, 5) is 40.4. The molecule has 1 unspecified atom stereocenters. The van der Waals surface area contributed by atoms with Crippen LogP contribution in [0.2, 0.25) is 0 Å². The van der Waals surface area contributed by atoms with E-state index in [-0.39, 0.29) is 13.8 Å². The average molecular weight is 523 g/mol. The Labute approximate surface area is 225 Å². The fourth-order valence-corrected chi connectivity index (χ4v) is 4.00. The number of aliphatic hydroxyl groups excluding tert-OH is 1. The number of amides is 1. The summed E-state index contributed by atoms with van der Waals surface area (Å²) in [6.45, 7) is 5.87. The number of likely N-dealkylation sites (N-methyl/N-ethyl adjacent to an activating group) is 1. The summed E-state index contributed by atoms with van der Waals surface area (Å²) >= 11 is 0. The smallest absolute Gasteiger partial charge is 0.254 e. The van der Waals surface area contributed by atoms with Gasteiger partial charge in [0.15, 0.2) is 17.6 Å². The molecule has 8 nitrogen and oxygen atoms in total. The van der Waals surface area contributed by atoms with Crippen LogP contribution in [0.1, 0.15) is 48.7 Å². The third kappa shape index (κ3) is 8.80. The maximum Gasteiger partial charge on any atom is 0.254 e. The number of aliphatic hydroxyl groups is 1. The zero-order chi connectivity index (χ0) is 26.6. The fraction of sp³-hybridized carbons (Fsp3) is 0.433. The molecule has 1 fully saturated rings. The Bertz CT molecular complexity index is 1090. The predicted molar refractivity (Wildman–Crippen MR) is 146 cm³/mol. The van der Waals surface area contributed by atoms with Crippen molar-refractivity contribution >= 4 is 17.5 Å². The molecule has 204 valence electrons. The number of carbonyl (C=O) groups is 3. The summed E-state index contributed by atoms with van der Waals surface area (Å²) in [7, 11) is 1.39. The molecule has 1 aliphatic heterocycles. The summed E-state index contributed by atoms with van der Waals surface area (Å²) in [6, 6.07) is 12.9. The fourth-order valence-electron chi connectivity index (χ4n) is 4.00. The maximum absolute atomic E-state index is 12.8. The number of hydrogen-bond acceptors (Lipinski definition) is 7. The van der Waals surface area contributed by atoms with Crippen LogP contribution in [-0.4, -0.2) is 91.5 Å². The monoisotopic (exact) mass is 522 g/mol. The van der Waals surface area contributed by atoms with Crippen molar-refractivity contribution in [1.82, 2.24) is 9.80 Å². The lowest BCUT2D eigenvalue weighted by Gasteiger charge is -2.25. The van der Waals surface area contributed by atoms with Crippen LogP contribution in [0.5, 0.6) is 5.75 Å². The normalized spacial score (nSPS) is 14.2. The van der Waals surface area contributed by atoms with E-state index in [0.717, 1.165) is 55.5 Å². The second kappa shape index (κ2) is 15.7. The zero-order valence-electron chi connectivity index (χ0n) is 21.4. The molecule has 1 amide bonds. The first kappa shape index (κ1) is 30.7. The van der Waals surface area contributed by atoms with Crippen molar-refractivity contribution in [3.05, 3.63) is 65.2 Å². The third-order valence-electron chi connectivity index (χ3n) is 6.15. The van der Waals surface area contributed by atoms with Gasteiger partial charge in [-0.2, -0.15) is 0 Å². The molecule has 0 bridgehead atoms. The molecule has 1 aliphatic rings. The van der Waals surface area contributed by atoms with Crippen molar-refractivity contribution in [2.45, 2.75) is 33.2 Å². The predicted octanol–water partition coefficient (Wildman–Crippen LogP) is 2.80. The first-order valence-electron chi connectivity index (χ1n) is 12.5. The van der Waals surface area contributed by atoms with Crippen LogP contribution in [-0.2, 0) is 14.3 Å². The molecular formula is C30H38N2O6. The quantitative estimate of drug-likeness (QED) is 0.379. The Kier molecular flexibility index (Phi) is 12.7. The van der Waals surface area contributed by atoms with E-state index in [0.29, 0.717) is 17.7 Å². The minimum atomic E-state index is -1.29. The molecule has 0 saturated carbocycles. The van der Waals surface area contributed by atoms with E-state index >= 15 is 0 Å². The van der Waals surface area contributed by atoms with Crippen molar-refractivity contribution in [3.8, 4) is 17.6 Å². The summed E-state index contributed by atoms with van der Waals surface area (Å²) in [5.41, 5.74) is 1.87. The molecular weight excluding hydrogens is 484 g/mol. The lowest BCUT2D eigenvalue weighted by molar-refractivity contribution is -0.134. The molecule has 1 atom stereocenters. The first-order chi connectivity index (χ1) is 17.9. The Hall–Kier alpha value is -3.51. The Morgan fingerprint density at radius 2 is 1.63 bits per heavy atom. The summed E-state index contributed by atoms with van der Waals surface area (Å²) in [5.74, 6) is 5.37. The van der Waals surface area contributed by atoms with Crippen LogP contribution in [0, 0.1) is 11.8 Å². The van der Waals surface area contributed by atoms with E-state index in [4.69, 9.17) is 9.47 Å². The van der Waals surface area contributed by atoms with E-state index in [1.165, 1.54) is 7.05 Å². The summed E-state index contributed by atoms with van der Waals surface area (Å²) < 4.78 is 11.3. The Morgan fingerprint density at radius 3 is 2.24 bits per heavy atom. The number of benzene rings is 2. The van der Waals surface area contributed by atoms with Crippen LogP contribution in [0.4, 0.5) is 0 Å². The SMILES string of the molecule is C.CCC(=O)C(C(=O)CO)N(C)C(=O)c1ccc(C#Cc2ccc(OCCN3CCCOCC3)cc2)cc1. The highest BCUT2D eigenvalue weighted by Gasteiger charge is 2.32. The van der Waals surface area contributed by atoms with Crippen molar-refractivity contribution in [3.63, 3.8) is 0 Å². The first-order valence-corrected chi connectivity index (χ1v) is 12.5. The van der Waals surface area contributed by atoms with E-state index in [9.17, 15) is 19.5 Å². The van der Waals surface area contributed by atoms with Gasteiger partial charge >= 0.3 is 0 Å². The Balaban J connectivity index is 0.00000507. The highest BCUT2D eigenvalue weighted by atomic mass is 16.5. The molecule has 0 radical (unpaired) electrons. The largest absolute Gasteiger partial charge is 0.492 e. The van der Waals surface area contributed by atoms with Gasteiger partial charge in [-0.1, -0.05) is 26.2 Å². The molecule has 8 heteroatoms. The number of hydrogen-bond donors (Lipinski definition) is 1. The Morgan fingerprint density at radius 1 is 1.00 bits per heavy atom. The topological polar surface area (TPSA) is 96.4 Å². The lowest BCUT2D eigenvalue weighted by Crippen LogP contribution is -2.48. The van der Waals surface area contributed by atoms with Gasteiger partial charge < -0.3 is 19.5 Å². The number of nitrogens with zero attached hydrogens (tertiary/aromatic N) is 2. The van der Waals surface area contributed by atoms with Crippen molar-refractivity contribution in [1.29, 1.82) is 0 Å². The van der Waals surface area contributed by atoms with Crippen molar-refractivity contribution in [2.24, 2.45) is 0 Å². The highest BCUT2D eigenvalue weighted by molar-refractivity contribution is 6.10. The van der Waals surface area contributed by atoms with Gasteiger partial charge in [-0.05, 0) is 55.0 Å². The second-order valence-electron chi connectivity index (χ2n) is 8.77. The van der Waals surface area contributed by atoms with Gasteiger partial charge in [0, 0.05) is 56.4 Å². The van der Waals surface area contributed by atoms with Crippen LogP contribution in [0.25, 0.3) is 0 Å². The van der Waals surface area contributed by atoms with Gasteiger partial charge in [0.1, 0.15) is 19.0 Å². The van der Waals surface area contributed by atoms with Crippen molar-refractivity contribution in [2.75, 3.05) is 53.1 Å². The van der Waals surface area contributed by atoms with E-state index in [1.807, 2.05) is 24.3 Å². The number of carbonyl (C=O) groups excluding carboxylic acids is 3. The maximum atomic E-state index is 12.8. The van der Waals surface area contributed by atoms with Crippen LogP contribution in [0.3, 0.4) is 0 Å². The highest BCUT2D eigenvalue weighted by Crippen LogP contribution is 2.13. The van der Waals surface area contributed by atoms with Crippen LogP contribution >= 0.6 is 0 Å². The van der Waals surface area contributed by atoms with Gasteiger partial charge in [0.05, 0.1) is 6.61 Å². The third-order valence-corrected chi connectivity index (χ3v) is 6.15.